The Morgan fingerprint density at radius 2 is 0.634 bits per heavy atom. The first-order valence-corrected chi connectivity index (χ1v) is 50.3. The fourth-order valence-electron chi connectivity index (χ4n) is 21.2. The average Bonchev–Trinajstić information content (AvgIpc) is 1.61. The zero-order valence-corrected chi connectivity index (χ0v) is 84.6. The molecule has 22 rings (SSSR count). The number of fused-ring (bicyclic) bond motifs is 20. The molecule has 0 radical (unpaired) electrons. The zero-order chi connectivity index (χ0) is 92.9. The van der Waals surface area contributed by atoms with Gasteiger partial charge in [-0.1, -0.05) is 220 Å². The predicted molar refractivity (Wildman–Crippen MR) is 561 cm³/mol. The number of aromatic nitrogens is 6. The van der Waals surface area contributed by atoms with Crippen molar-refractivity contribution in [1.29, 1.82) is 0 Å². The van der Waals surface area contributed by atoms with E-state index in [1.54, 1.807) is 27.8 Å². The number of benzene rings is 8. The van der Waals surface area contributed by atoms with E-state index in [0.717, 1.165) is 110 Å². The molecule has 8 aliphatic rings. The van der Waals surface area contributed by atoms with E-state index in [1.165, 1.54) is 217 Å². The van der Waals surface area contributed by atoms with Crippen molar-refractivity contribution in [2.75, 3.05) is 81.6 Å². The summed E-state index contributed by atoms with van der Waals surface area (Å²) in [6.45, 7) is 49.0. The van der Waals surface area contributed by atoms with Crippen LogP contribution in [0.3, 0.4) is 0 Å². The summed E-state index contributed by atoms with van der Waals surface area (Å²) < 4.78 is 4.75. The van der Waals surface area contributed by atoms with Gasteiger partial charge in [0.15, 0.2) is 0 Å². The highest BCUT2D eigenvalue weighted by molar-refractivity contribution is 5.90. The topological polar surface area (TPSA) is 134 Å². The monoisotopic (exact) mass is 1760 g/mol. The molecule has 131 heavy (non-hydrogen) atoms. The summed E-state index contributed by atoms with van der Waals surface area (Å²) in [6.07, 6.45) is 13.1. The molecule has 14 nitrogen and oxygen atoms in total. The van der Waals surface area contributed by atoms with E-state index in [9.17, 15) is 0 Å². The van der Waals surface area contributed by atoms with E-state index in [0.29, 0.717) is 53.4 Å². The van der Waals surface area contributed by atoms with Crippen LogP contribution >= 0.6 is 0 Å². The minimum absolute atomic E-state index is 0.599. The van der Waals surface area contributed by atoms with Crippen LogP contribution in [0.1, 0.15) is 299 Å². The zero-order valence-electron chi connectivity index (χ0n) is 84.6. The maximum Gasteiger partial charge on any atom is 0.0486 e. The van der Waals surface area contributed by atoms with E-state index in [4.69, 9.17) is 0 Å². The largest absolute Gasteiger partial charge is 0.358 e. The number of nitrogens with one attached hydrogen (secondary N) is 8. The average molecular weight is 1760 g/mol. The van der Waals surface area contributed by atoms with Crippen molar-refractivity contribution < 1.29 is 0 Å². The molecule has 0 saturated carbocycles. The predicted octanol–water partition coefficient (Wildman–Crippen LogP) is 24.4. The van der Waals surface area contributed by atoms with Gasteiger partial charge < -0.3 is 69.9 Å². The van der Waals surface area contributed by atoms with Gasteiger partial charge in [0.1, 0.15) is 0 Å². The highest BCUT2D eigenvalue weighted by atomic mass is 15.1. The van der Waals surface area contributed by atoms with Gasteiger partial charge in [0.25, 0.3) is 0 Å². The van der Waals surface area contributed by atoms with Gasteiger partial charge in [-0.15, -0.1) is 0 Å². The lowest BCUT2D eigenvalue weighted by atomic mass is 9.85. The highest BCUT2D eigenvalue weighted by Gasteiger charge is 2.28. The number of aromatic amines is 4. The number of hydrogen-bond donors (Lipinski definition) is 8. The molecule has 12 heterocycles. The third-order valence-electron chi connectivity index (χ3n) is 30.1. The summed E-state index contributed by atoms with van der Waals surface area (Å²) in [5, 5.41) is 22.3. The summed E-state index contributed by atoms with van der Waals surface area (Å²) in [5.74, 6) is 4.90. The van der Waals surface area contributed by atoms with Gasteiger partial charge in [0.2, 0.25) is 0 Å². The molecule has 8 aromatic carbocycles. The van der Waals surface area contributed by atoms with E-state index in [-0.39, 0.29) is 0 Å². The summed E-state index contributed by atoms with van der Waals surface area (Å²) in [4.78, 5) is 23.8. The molecule has 0 bridgehead atoms. The van der Waals surface area contributed by atoms with Gasteiger partial charge in [-0.25, -0.2) is 0 Å². The van der Waals surface area contributed by atoms with Crippen molar-refractivity contribution in [3.05, 3.63) is 280 Å². The van der Waals surface area contributed by atoms with E-state index < -0.39 is 0 Å². The Labute approximate surface area is 786 Å². The maximum absolute atomic E-state index is 3.61. The molecule has 2 atom stereocenters. The molecule has 14 aromatic rings. The number of aryl methyl sites for hydroxylation is 3. The smallest absolute Gasteiger partial charge is 0.0486 e. The second-order valence-corrected chi connectivity index (χ2v) is 42.4. The highest BCUT2D eigenvalue weighted by Crippen LogP contribution is 2.38. The number of hydrogen-bond acceptors (Lipinski definition) is 8. The van der Waals surface area contributed by atoms with Gasteiger partial charge >= 0.3 is 0 Å². The van der Waals surface area contributed by atoms with Crippen molar-refractivity contribution in [2.24, 2.45) is 14.1 Å². The van der Waals surface area contributed by atoms with E-state index in [2.05, 4.69) is 383 Å². The fraction of sp³-hybridized carbons (Fsp3) is 0.487. The fourth-order valence-corrected chi connectivity index (χ4v) is 21.2. The van der Waals surface area contributed by atoms with Crippen molar-refractivity contribution in [2.45, 2.75) is 280 Å². The third kappa shape index (κ3) is 22.0. The van der Waals surface area contributed by atoms with Crippen LogP contribution in [0.5, 0.6) is 0 Å². The molecule has 0 spiro atoms. The van der Waals surface area contributed by atoms with Crippen LogP contribution in [0.4, 0.5) is 0 Å². The minimum atomic E-state index is 0.599. The Kier molecular flexibility index (Phi) is 31.2. The first-order chi connectivity index (χ1) is 62.8. The van der Waals surface area contributed by atoms with Gasteiger partial charge in [0, 0.05) is 210 Å². The number of H-pyrrole nitrogens is 4. The number of likely N-dealkylation sites (N-methyl/N-ethyl adjacent to an activating group) is 4. The Hall–Kier alpha value is -9.32. The molecular weight excluding hydrogens is 1600 g/mol. The molecule has 2 unspecified atom stereocenters. The molecular formula is C117H160N14. The SMILES string of the molecule is CC(C)c1ccc2c(c1)CC(N(C)C)C2.CC(C)c1ccc2c(c1)CCC(N(C)C)C2.CC(C)c1ccc2c3c([nH]c2c1)CCN(C)C3.CC(C)c1ccc2c3c([nH]c2c1)CCNC3.CC(C)c1ccc2c3c([nH]c2c1)CN(C)CC3.CC(C)c1ccc2c3c([nH]c2c1)CNCC3.CC(C)c1ccc2c3c(n(C)c2c1)CCNC3.CC(C)c1ccc2c3c(n(C)c2c1)CNCC3. The van der Waals surface area contributed by atoms with Gasteiger partial charge in [-0.05, 0) is 291 Å². The van der Waals surface area contributed by atoms with Gasteiger partial charge in [-0.3, -0.25) is 0 Å². The van der Waals surface area contributed by atoms with Crippen LogP contribution in [0.2, 0.25) is 0 Å². The van der Waals surface area contributed by atoms with Crippen LogP contribution in [-0.2, 0) is 118 Å². The Bertz CT molecular complexity index is 6030. The molecule has 0 amide bonds. The van der Waals surface area contributed by atoms with Crippen molar-refractivity contribution >= 4 is 65.4 Å². The quantitative estimate of drug-likeness (QED) is 0.0679. The number of rotatable bonds is 10. The van der Waals surface area contributed by atoms with Crippen LogP contribution in [0.15, 0.2) is 146 Å². The third-order valence-corrected chi connectivity index (χ3v) is 30.1. The van der Waals surface area contributed by atoms with Crippen molar-refractivity contribution in [1.82, 2.24) is 69.9 Å². The first kappa shape index (κ1) is 96.3. The molecule has 14 heteroatoms. The molecule has 0 fully saturated rings. The number of nitrogens with zero attached hydrogens (tertiary/aromatic N) is 6. The van der Waals surface area contributed by atoms with Crippen LogP contribution in [0, 0.1) is 0 Å². The molecule has 6 aromatic heterocycles. The minimum Gasteiger partial charge on any atom is -0.358 e. The lowest BCUT2D eigenvalue weighted by Crippen LogP contribution is -2.33. The Balaban J connectivity index is 0.000000115. The van der Waals surface area contributed by atoms with Gasteiger partial charge in [-0.2, -0.15) is 0 Å². The molecule has 8 N–H and O–H groups in total. The molecule has 0 saturated heterocycles. The maximum atomic E-state index is 3.61. The normalized spacial score (nSPS) is 17.0. The lowest BCUT2D eigenvalue weighted by molar-refractivity contribution is 0.268. The summed E-state index contributed by atoms with van der Waals surface area (Å²) in [7, 11) is 17.5. The van der Waals surface area contributed by atoms with E-state index in [1.807, 2.05) is 0 Å². The summed E-state index contributed by atoms with van der Waals surface area (Å²) in [5.41, 5.74) is 43.5. The summed E-state index contributed by atoms with van der Waals surface area (Å²) >= 11 is 0. The van der Waals surface area contributed by atoms with Crippen LogP contribution in [0.25, 0.3) is 65.4 Å². The molecule has 698 valence electrons. The summed E-state index contributed by atoms with van der Waals surface area (Å²) in [6, 6.07) is 56.9. The van der Waals surface area contributed by atoms with Crippen molar-refractivity contribution in [3.8, 4) is 0 Å². The lowest BCUT2D eigenvalue weighted by Gasteiger charge is -2.30. The Morgan fingerprint density at radius 1 is 0.275 bits per heavy atom. The first-order valence-electron chi connectivity index (χ1n) is 50.3. The van der Waals surface area contributed by atoms with Crippen molar-refractivity contribution in [3.63, 3.8) is 0 Å². The second kappa shape index (κ2) is 42.5. The van der Waals surface area contributed by atoms with Crippen LogP contribution < -0.4 is 21.3 Å². The standard InChI is InChI=1S/4C15H20N2.C15H23N.2C14H18N2.C14H21N/c1-10(2)11-4-5-12-13-9-17(3)7-6-14(13)16-15(12)8-11;1-10(2)11-4-5-12-13-9-16-7-6-14(13)17(3)15(12)8-11;1-10(2)11-4-5-12-13-6-7-17(3)9-15(13)16-14(12)8-11;1-10(2)11-4-5-12-13-6-7-16-9-15(13)17(3)14(12)8-11;1-11(2)12-5-6-14-10-15(16(3)4)8-7-13(14)9-12;1-9(2)10-3-4-11-12-8-15-6-5-13(12)16-14(11)7-10;1-9(2)10-3-4-11-12-5-6-15-8-14(12)16-13(11)7-10;1-10(2)11-5-6-12-8-14(15(3)4)9-13(12)7-11/h4*4-5,8,10,16H,6-7,9H2,1-3H3;5-6,9,11,15H,7-8,10H2,1-4H3;2*3-4,7,9,15-16H,5-6,8H2,1-2H3;5-7,10,14H,8-9H2,1-4H3. The molecule has 6 aliphatic heterocycles. The Morgan fingerprint density at radius 3 is 1.16 bits per heavy atom. The van der Waals surface area contributed by atoms with Crippen LogP contribution in [-0.4, -0.2) is 142 Å². The molecule has 2 aliphatic carbocycles. The van der Waals surface area contributed by atoms with E-state index >= 15 is 0 Å². The van der Waals surface area contributed by atoms with Gasteiger partial charge in [0.05, 0.1) is 0 Å². The second-order valence-electron chi connectivity index (χ2n) is 42.4.